The van der Waals surface area contributed by atoms with Gasteiger partial charge in [-0.05, 0) is 27.6 Å². The molecule has 0 aliphatic heterocycles. The van der Waals surface area contributed by atoms with Crippen LogP contribution in [0.1, 0.15) is 5.56 Å². The molecular formula is C8H7BrClN. The fraction of sp³-hybridized carbons (Fsp3) is 0. The topological polar surface area (TPSA) is 26.0 Å². The summed E-state index contributed by atoms with van der Waals surface area (Å²) in [6, 6.07) is 3.61. The van der Waals surface area contributed by atoms with Gasteiger partial charge in [0.1, 0.15) is 0 Å². The quantitative estimate of drug-likeness (QED) is 0.739. The van der Waals surface area contributed by atoms with Gasteiger partial charge >= 0.3 is 0 Å². The Labute approximate surface area is 79.0 Å². The molecule has 1 aromatic rings. The third-order valence-corrected chi connectivity index (χ3v) is 2.78. The lowest BCUT2D eigenvalue weighted by Gasteiger charge is -2.03. The van der Waals surface area contributed by atoms with E-state index in [9.17, 15) is 0 Å². The van der Waals surface area contributed by atoms with E-state index in [0.717, 1.165) is 10.0 Å². The maximum Gasteiger partial charge on any atom is 0.0597 e. The molecule has 0 aromatic heterocycles. The molecule has 0 unspecified atom stereocenters. The summed E-state index contributed by atoms with van der Waals surface area (Å²) in [5.74, 6) is 0. The molecule has 1 aromatic carbocycles. The second-order valence-electron chi connectivity index (χ2n) is 2.07. The Kier molecular flexibility index (Phi) is 2.58. The van der Waals surface area contributed by atoms with Crippen LogP contribution in [-0.4, -0.2) is 0 Å². The van der Waals surface area contributed by atoms with Crippen molar-refractivity contribution >= 4 is 39.3 Å². The highest BCUT2D eigenvalue weighted by Crippen LogP contribution is 2.31. The van der Waals surface area contributed by atoms with Crippen LogP contribution in [0.4, 0.5) is 5.69 Å². The molecule has 1 rings (SSSR count). The SMILES string of the molecule is C=Cc1ccc(Cl)c(Br)c1N. The van der Waals surface area contributed by atoms with E-state index in [4.69, 9.17) is 17.3 Å². The Morgan fingerprint density at radius 1 is 1.55 bits per heavy atom. The van der Waals surface area contributed by atoms with Gasteiger partial charge in [0.2, 0.25) is 0 Å². The van der Waals surface area contributed by atoms with Gasteiger partial charge in [-0.3, -0.25) is 0 Å². The van der Waals surface area contributed by atoms with Crippen LogP contribution in [0.15, 0.2) is 23.2 Å². The largest absolute Gasteiger partial charge is 0.397 e. The Morgan fingerprint density at radius 2 is 2.18 bits per heavy atom. The van der Waals surface area contributed by atoms with Gasteiger partial charge in [-0.1, -0.05) is 30.3 Å². The lowest BCUT2D eigenvalue weighted by atomic mass is 10.2. The van der Waals surface area contributed by atoms with Crippen LogP contribution >= 0.6 is 27.5 Å². The average molecular weight is 233 g/mol. The van der Waals surface area contributed by atoms with Crippen molar-refractivity contribution in [1.82, 2.24) is 0 Å². The van der Waals surface area contributed by atoms with Crippen LogP contribution in [0.2, 0.25) is 5.02 Å². The minimum Gasteiger partial charge on any atom is -0.397 e. The highest BCUT2D eigenvalue weighted by molar-refractivity contribution is 9.10. The number of anilines is 1. The molecule has 0 aliphatic rings. The van der Waals surface area contributed by atoms with Crippen molar-refractivity contribution in [1.29, 1.82) is 0 Å². The molecular weight excluding hydrogens is 225 g/mol. The lowest BCUT2D eigenvalue weighted by Crippen LogP contribution is -1.90. The first kappa shape index (κ1) is 8.62. The van der Waals surface area contributed by atoms with E-state index in [-0.39, 0.29) is 0 Å². The van der Waals surface area contributed by atoms with Crippen molar-refractivity contribution < 1.29 is 0 Å². The van der Waals surface area contributed by atoms with Crippen molar-refractivity contribution in [3.05, 3.63) is 33.8 Å². The summed E-state index contributed by atoms with van der Waals surface area (Å²) in [5, 5.41) is 0.619. The minimum atomic E-state index is 0.619. The van der Waals surface area contributed by atoms with Crippen molar-refractivity contribution in [3.63, 3.8) is 0 Å². The predicted octanol–water partition coefficient (Wildman–Crippen LogP) is 3.33. The molecule has 0 amide bonds. The maximum atomic E-state index is 5.78. The zero-order chi connectivity index (χ0) is 8.43. The summed E-state index contributed by atoms with van der Waals surface area (Å²) in [6.07, 6.45) is 1.69. The van der Waals surface area contributed by atoms with E-state index in [1.807, 2.05) is 6.07 Å². The molecule has 0 saturated carbocycles. The van der Waals surface area contributed by atoms with Crippen LogP contribution < -0.4 is 5.73 Å². The molecule has 0 saturated heterocycles. The van der Waals surface area contributed by atoms with E-state index in [0.29, 0.717) is 10.7 Å². The van der Waals surface area contributed by atoms with E-state index >= 15 is 0 Å². The van der Waals surface area contributed by atoms with Crippen LogP contribution in [0, 0.1) is 0 Å². The molecule has 58 valence electrons. The average Bonchev–Trinajstić information content (AvgIpc) is 2.01. The molecule has 0 heterocycles. The number of benzene rings is 1. The molecule has 0 aliphatic carbocycles. The number of halogens is 2. The van der Waals surface area contributed by atoms with Gasteiger partial charge in [-0.2, -0.15) is 0 Å². The molecule has 0 fully saturated rings. The van der Waals surface area contributed by atoms with Gasteiger partial charge in [-0.25, -0.2) is 0 Å². The van der Waals surface area contributed by atoms with E-state index in [1.54, 1.807) is 12.1 Å². The van der Waals surface area contributed by atoms with Gasteiger partial charge in [0.15, 0.2) is 0 Å². The number of hydrogen-bond donors (Lipinski definition) is 1. The second-order valence-corrected chi connectivity index (χ2v) is 3.27. The molecule has 2 N–H and O–H groups in total. The number of nitrogens with two attached hydrogens (primary N) is 1. The molecule has 0 spiro atoms. The summed E-state index contributed by atoms with van der Waals surface area (Å²) >= 11 is 9.05. The highest BCUT2D eigenvalue weighted by atomic mass is 79.9. The molecule has 11 heavy (non-hydrogen) atoms. The Morgan fingerprint density at radius 3 is 2.73 bits per heavy atom. The molecule has 0 bridgehead atoms. The van der Waals surface area contributed by atoms with Gasteiger partial charge < -0.3 is 5.73 Å². The summed E-state index contributed by atoms with van der Waals surface area (Å²) in [5.41, 5.74) is 7.21. The molecule has 1 nitrogen and oxygen atoms in total. The molecule has 3 heteroatoms. The van der Waals surface area contributed by atoms with Crippen LogP contribution in [0.3, 0.4) is 0 Å². The van der Waals surface area contributed by atoms with Crippen LogP contribution in [0.25, 0.3) is 6.08 Å². The van der Waals surface area contributed by atoms with Crippen LogP contribution in [0.5, 0.6) is 0 Å². The molecule has 0 radical (unpaired) electrons. The standard InChI is InChI=1S/C8H7BrClN/c1-2-5-3-4-6(10)7(9)8(5)11/h2-4H,1,11H2. The van der Waals surface area contributed by atoms with E-state index in [2.05, 4.69) is 22.5 Å². The highest BCUT2D eigenvalue weighted by Gasteiger charge is 2.03. The zero-order valence-corrected chi connectivity index (χ0v) is 8.11. The number of rotatable bonds is 1. The number of hydrogen-bond acceptors (Lipinski definition) is 1. The summed E-state index contributed by atoms with van der Waals surface area (Å²) in [4.78, 5) is 0. The van der Waals surface area contributed by atoms with Crippen molar-refractivity contribution in [2.45, 2.75) is 0 Å². The van der Waals surface area contributed by atoms with Crippen molar-refractivity contribution in [2.24, 2.45) is 0 Å². The molecule has 0 atom stereocenters. The Hall–Kier alpha value is -0.470. The number of nitrogen functional groups attached to an aromatic ring is 1. The summed E-state index contributed by atoms with van der Waals surface area (Å²) in [7, 11) is 0. The third kappa shape index (κ3) is 1.57. The summed E-state index contributed by atoms with van der Waals surface area (Å²) < 4.78 is 0.733. The first-order valence-electron chi connectivity index (χ1n) is 3.02. The van der Waals surface area contributed by atoms with Crippen molar-refractivity contribution in [3.8, 4) is 0 Å². The second kappa shape index (κ2) is 3.28. The Balaban J connectivity index is 3.36. The Bertz CT molecular complexity index is 296. The first-order chi connectivity index (χ1) is 5.16. The maximum absolute atomic E-state index is 5.78. The van der Waals surface area contributed by atoms with Gasteiger partial charge in [0, 0.05) is 0 Å². The van der Waals surface area contributed by atoms with Crippen molar-refractivity contribution in [2.75, 3.05) is 5.73 Å². The smallest absolute Gasteiger partial charge is 0.0597 e. The fourth-order valence-electron chi connectivity index (χ4n) is 0.759. The van der Waals surface area contributed by atoms with Gasteiger partial charge in [0.05, 0.1) is 15.2 Å². The lowest BCUT2D eigenvalue weighted by molar-refractivity contribution is 1.59. The van der Waals surface area contributed by atoms with Gasteiger partial charge in [-0.15, -0.1) is 0 Å². The third-order valence-electron chi connectivity index (χ3n) is 1.39. The minimum absolute atomic E-state index is 0.619. The predicted molar refractivity (Wildman–Crippen MR) is 53.7 cm³/mol. The van der Waals surface area contributed by atoms with E-state index in [1.165, 1.54) is 0 Å². The zero-order valence-electron chi connectivity index (χ0n) is 5.77. The first-order valence-corrected chi connectivity index (χ1v) is 4.20. The normalized spacial score (nSPS) is 9.64. The van der Waals surface area contributed by atoms with Gasteiger partial charge in [0.25, 0.3) is 0 Å². The monoisotopic (exact) mass is 231 g/mol. The summed E-state index contributed by atoms with van der Waals surface area (Å²) in [6.45, 7) is 3.62. The fourth-order valence-corrected chi connectivity index (χ4v) is 1.29. The van der Waals surface area contributed by atoms with E-state index < -0.39 is 0 Å². The van der Waals surface area contributed by atoms with Crippen LogP contribution in [-0.2, 0) is 0 Å².